The number of anilines is 1. The van der Waals surface area contributed by atoms with Gasteiger partial charge in [-0.25, -0.2) is 4.68 Å². The summed E-state index contributed by atoms with van der Waals surface area (Å²) in [5.41, 5.74) is 2.70. The molecule has 0 radical (unpaired) electrons. The monoisotopic (exact) mass is 364 g/mol. The van der Waals surface area contributed by atoms with Gasteiger partial charge in [-0.1, -0.05) is 0 Å². The fraction of sp³-hybridized carbons (Fsp3) is 0.111. The average molecular weight is 364 g/mol. The van der Waals surface area contributed by atoms with E-state index < -0.39 is 0 Å². The third kappa shape index (κ3) is 3.55. The number of thiophene rings is 1. The molecule has 1 amide bonds. The van der Waals surface area contributed by atoms with Crippen LogP contribution in [-0.4, -0.2) is 30.7 Å². The van der Waals surface area contributed by atoms with Crippen LogP contribution in [0.4, 0.5) is 5.69 Å². The van der Waals surface area contributed by atoms with Gasteiger partial charge >= 0.3 is 0 Å². The average Bonchev–Trinajstić information content (AvgIpc) is 3.44. The Morgan fingerprint density at radius 2 is 1.96 bits per heavy atom. The van der Waals surface area contributed by atoms with Crippen LogP contribution in [0.15, 0.2) is 71.9 Å². The lowest BCUT2D eigenvalue weighted by molar-refractivity contribution is -0.116. The maximum absolute atomic E-state index is 12.6. The first kappa shape index (κ1) is 16.2. The summed E-state index contributed by atoms with van der Waals surface area (Å²) in [7, 11) is 0. The molecule has 1 aromatic carbocycles. The summed E-state index contributed by atoms with van der Waals surface area (Å²) in [4.78, 5) is 12.6. The fourth-order valence-corrected chi connectivity index (χ4v) is 3.49. The summed E-state index contributed by atoms with van der Waals surface area (Å²) < 4.78 is 3.62. The Kier molecular flexibility index (Phi) is 4.57. The number of carbonyl (C=O) groups is 1. The molecule has 0 aliphatic heterocycles. The smallest absolute Gasteiger partial charge is 0.226 e. The van der Waals surface area contributed by atoms with Crippen LogP contribution >= 0.6 is 11.3 Å². The lowest BCUT2D eigenvalue weighted by Crippen LogP contribution is -2.19. The van der Waals surface area contributed by atoms with E-state index in [1.165, 1.54) is 6.33 Å². The predicted octanol–water partition coefficient (Wildman–Crippen LogP) is 3.14. The summed E-state index contributed by atoms with van der Waals surface area (Å²) in [5.74, 6) is -0.0370. The number of amides is 1. The molecule has 0 spiro atoms. The van der Waals surface area contributed by atoms with Crippen LogP contribution in [0.5, 0.6) is 0 Å². The Morgan fingerprint density at radius 1 is 1.15 bits per heavy atom. The Hall–Kier alpha value is -3.26. The van der Waals surface area contributed by atoms with Crippen molar-refractivity contribution in [3.05, 3.63) is 77.5 Å². The highest BCUT2D eigenvalue weighted by Gasteiger charge is 2.18. The summed E-state index contributed by atoms with van der Waals surface area (Å²) in [6.07, 6.45) is 5.85. The number of rotatable bonds is 6. The molecule has 4 aromatic rings. The maximum Gasteiger partial charge on any atom is 0.226 e. The van der Waals surface area contributed by atoms with E-state index in [-0.39, 0.29) is 11.9 Å². The highest BCUT2D eigenvalue weighted by atomic mass is 32.1. The number of benzene rings is 1. The van der Waals surface area contributed by atoms with Gasteiger partial charge in [0, 0.05) is 18.1 Å². The van der Waals surface area contributed by atoms with Crippen molar-refractivity contribution in [2.24, 2.45) is 0 Å². The van der Waals surface area contributed by atoms with Crippen molar-refractivity contribution in [2.45, 2.75) is 12.5 Å². The minimum absolute atomic E-state index is 0.0169. The van der Waals surface area contributed by atoms with E-state index in [4.69, 9.17) is 0 Å². The molecule has 4 rings (SSSR count). The van der Waals surface area contributed by atoms with E-state index in [1.807, 2.05) is 54.2 Å². The zero-order chi connectivity index (χ0) is 17.8. The second kappa shape index (κ2) is 7.32. The third-order valence-corrected chi connectivity index (χ3v) is 4.76. The topological polar surface area (TPSA) is 77.6 Å². The zero-order valence-corrected chi connectivity index (χ0v) is 14.6. The van der Waals surface area contributed by atoms with Crippen LogP contribution < -0.4 is 5.32 Å². The van der Waals surface area contributed by atoms with Gasteiger partial charge in [0.1, 0.15) is 6.33 Å². The van der Waals surface area contributed by atoms with Crippen LogP contribution in [0.25, 0.3) is 5.69 Å². The second-order valence-electron chi connectivity index (χ2n) is 5.76. The molecule has 0 saturated heterocycles. The third-order valence-electron chi connectivity index (χ3n) is 4.06. The molecule has 26 heavy (non-hydrogen) atoms. The number of nitrogens with one attached hydrogen (secondary N) is 1. The Balaban J connectivity index is 1.45. The largest absolute Gasteiger partial charge is 0.346 e. The molecule has 0 aliphatic carbocycles. The lowest BCUT2D eigenvalue weighted by Gasteiger charge is -2.18. The first-order chi connectivity index (χ1) is 12.8. The van der Waals surface area contributed by atoms with Gasteiger partial charge in [-0.2, -0.15) is 11.3 Å². The van der Waals surface area contributed by atoms with Gasteiger partial charge in [0.25, 0.3) is 0 Å². The molecule has 3 heterocycles. The van der Waals surface area contributed by atoms with E-state index >= 15 is 0 Å². The predicted molar refractivity (Wildman–Crippen MR) is 99.3 cm³/mol. The molecule has 0 bridgehead atoms. The van der Waals surface area contributed by atoms with Crippen molar-refractivity contribution < 1.29 is 4.79 Å². The molecular weight excluding hydrogens is 348 g/mol. The van der Waals surface area contributed by atoms with Crippen LogP contribution in [0, 0.1) is 0 Å². The van der Waals surface area contributed by atoms with Gasteiger partial charge in [0.2, 0.25) is 5.91 Å². The van der Waals surface area contributed by atoms with Crippen molar-refractivity contribution in [3.8, 4) is 5.69 Å². The standard InChI is InChI=1S/C18H16N6OS/c25-18(11-17(14-7-10-26-12-14)23-8-1-2-9-23)20-15-3-5-16(6-4-15)24-13-19-21-22-24/h1-10,12-13,17H,11H2,(H,20,25). The first-order valence-electron chi connectivity index (χ1n) is 8.07. The van der Waals surface area contributed by atoms with E-state index in [2.05, 4.69) is 36.9 Å². The van der Waals surface area contributed by atoms with Gasteiger partial charge in [-0.15, -0.1) is 5.10 Å². The van der Waals surface area contributed by atoms with Crippen molar-refractivity contribution in [1.82, 2.24) is 24.8 Å². The first-order valence-corrected chi connectivity index (χ1v) is 9.02. The number of carbonyl (C=O) groups excluding carboxylic acids is 1. The fourth-order valence-electron chi connectivity index (χ4n) is 2.78. The summed E-state index contributed by atoms with van der Waals surface area (Å²) in [5, 5.41) is 18.1. The van der Waals surface area contributed by atoms with Gasteiger partial charge in [0.15, 0.2) is 0 Å². The zero-order valence-electron chi connectivity index (χ0n) is 13.8. The highest BCUT2D eigenvalue weighted by molar-refractivity contribution is 7.08. The molecule has 0 fully saturated rings. The van der Waals surface area contributed by atoms with Gasteiger partial charge < -0.3 is 9.88 Å². The Morgan fingerprint density at radius 3 is 2.62 bits per heavy atom. The number of aromatic nitrogens is 5. The van der Waals surface area contributed by atoms with Crippen LogP contribution in [-0.2, 0) is 4.79 Å². The van der Waals surface area contributed by atoms with Crippen molar-refractivity contribution >= 4 is 22.9 Å². The molecule has 8 heteroatoms. The van der Waals surface area contributed by atoms with Crippen LogP contribution in [0.1, 0.15) is 18.0 Å². The van der Waals surface area contributed by atoms with Gasteiger partial charge in [-0.05, 0) is 69.2 Å². The molecule has 3 aromatic heterocycles. The van der Waals surface area contributed by atoms with E-state index in [9.17, 15) is 4.79 Å². The minimum Gasteiger partial charge on any atom is -0.346 e. The quantitative estimate of drug-likeness (QED) is 0.570. The SMILES string of the molecule is O=C(CC(c1ccsc1)n1cccc1)Nc1ccc(-n2cnnn2)cc1. The summed E-state index contributed by atoms with van der Waals surface area (Å²) in [6.45, 7) is 0. The van der Waals surface area contributed by atoms with Crippen molar-refractivity contribution in [2.75, 3.05) is 5.32 Å². The second-order valence-corrected chi connectivity index (χ2v) is 6.54. The minimum atomic E-state index is -0.0370. The highest BCUT2D eigenvalue weighted by Crippen LogP contribution is 2.25. The molecule has 130 valence electrons. The Labute approximate surface area is 153 Å². The van der Waals surface area contributed by atoms with Crippen LogP contribution in [0.2, 0.25) is 0 Å². The van der Waals surface area contributed by atoms with Crippen LogP contribution in [0.3, 0.4) is 0 Å². The number of nitrogens with zero attached hydrogens (tertiary/aromatic N) is 5. The normalized spacial score (nSPS) is 12.0. The molecule has 1 atom stereocenters. The summed E-state index contributed by atoms with van der Waals surface area (Å²) in [6, 6.07) is 13.4. The number of hydrogen-bond donors (Lipinski definition) is 1. The van der Waals surface area contributed by atoms with Crippen molar-refractivity contribution in [3.63, 3.8) is 0 Å². The number of tetrazole rings is 1. The molecule has 0 saturated carbocycles. The molecule has 0 aliphatic rings. The molecule has 1 N–H and O–H groups in total. The molecular formula is C18H16N6OS. The van der Waals surface area contributed by atoms with Crippen molar-refractivity contribution in [1.29, 1.82) is 0 Å². The maximum atomic E-state index is 12.6. The van der Waals surface area contributed by atoms with E-state index in [1.54, 1.807) is 16.0 Å². The van der Waals surface area contributed by atoms with Gasteiger partial charge in [-0.3, -0.25) is 4.79 Å². The molecule has 1 unspecified atom stereocenters. The summed E-state index contributed by atoms with van der Waals surface area (Å²) >= 11 is 1.63. The molecule has 7 nitrogen and oxygen atoms in total. The Bertz CT molecular complexity index is 912. The van der Waals surface area contributed by atoms with E-state index in [0.717, 1.165) is 16.9 Å². The lowest BCUT2D eigenvalue weighted by atomic mass is 10.1. The van der Waals surface area contributed by atoms with E-state index in [0.29, 0.717) is 6.42 Å². The van der Waals surface area contributed by atoms with Gasteiger partial charge in [0.05, 0.1) is 18.2 Å². The number of hydrogen-bond acceptors (Lipinski definition) is 5.